The molecule has 1 heterocycles. The highest BCUT2D eigenvalue weighted by molar-refractivity contribution is 5.93. The van der Waals surface area contributed by atoms with Gasteiger partial charge in [0.25, 0.3) is 0 Å². The third-order valence-corrected chi connectivity index (χ3v) is 7.09. The smallest absolute Gasteiger partial charge is 0.238 e. The standard InChI is InChI=1S/C31H45N3O4/c1-3-4-5-6-7-8-14-29(36)32-22-25-15-16-27(35)28(21-25)38-20-17-26-13-11-12-24(2)31(26)33-30(37)23-34-18-9-10-19-34/h11-13,15-16,21,35H,3-10,14,17-20,22-23H2,1-2H3,(H,32,36)(H,33,37). The van der Waals surface area contributed by atoms with Crippen LogP contribution in [0.3, 0.4) is 0 Å². The van der Waals surface area contributed by atoms with Gasteiger partial charge >= 0.3 is 0 Å². The first-order chi connectivity index (χ1) is 18.5. The second-order valence-electron chi connectivity index (χ2n) is 10.3. The highest BCUT2D eigenvalue weighted by Gasteiger charge is 2.17. The lowest BCUT2D eigenvalue weighted by molar-refractivity contribution is -0.121. The Morgan fingerprint density at radius 2 is 1.76 bits per heavy atom. The molecule has 3 N–H and O–H groups in total. The third-order valence-electron chi connectivity index (χ3n) is 7.09. The lowest BCUT2D eigenvalue weighted by Gasteiger charge is -2.18. The number of hydrogen-bond acceptors (Lipinski definition) is 5. The van der Waals surface area contributed by atoms with Gasteiger partial charge in [0.15, 0.2) is 11.5 Å². The zero-order valence-electron chi connectivity index (χ0n) is 23.2. The fraction of sp³-hybridized carbons (Fsp3) is 0.548. The minimum atomic E-state index is 0.00672. The van der Waals surface area contributed by atoms with Crippen LogP contribution in [0.25, 0.3) is 0 Å². The Bertz CT molecular complexity index is 1030. The third kappa shape index (κ3) is 10.0. The molecular formula is C31H45N3O4. The predicted molar refractivity (Wildman–Crippen MR) is 153 cm³/mol. The number of rotatable bonds is 16. The molecule has 0 radical (unpaired) electrons. The number of anilines is 1. The van der Waals surface area contributed by atoms with E-state index in [2.05, 4.69) is 22.5 Å². The second kappa shape index (κ2) is 16.0. The number of aromatic hydroxyl groups is 1. The van der Waals surface area contributed by atoms with E-state index in [1.165, 1.54) is 25.7 Å². The number of unbranched alkanes of at least 4 members (excludes halogenated alkanes) is 5. The summed E-state index contributed by atoms with van der Waals surface area (Å²) >= 11 is 0. The van der Waals surface area contributed by atoms with Gasteiger partial charge in [-0.15, -0.1) is 0 Å². The van der Waals surface area contributed by atoms with Crippen molar-refractivity contribution in [3.63, 3.8) is 0 Å². The van der Waals surface area contributed by atoms with Gasteiger partial charge in [0, 0.05) is 25.1 Å². The molecule has 0 bridgehead atoms. The Morgan fingerprint density at radius 1 is 1.00 bits per heavy atom. The van der Waals surface area contributed by atoms with Crippen molar-refractivity contribution < 1.29 is 19.4 Å². The van der Waals surface area contributed by atoms with E-state index in [0.29, 0.717) is 38.3 Å². The van der Waals surface area contributed by atoms with Gasteiger partial charge in [0.05, 0.1) is 13.2 Å². The molecule has 1 fully saturated rings. The maximum absolute atomic E-state index is 12.6. The van der Waals surface area contributed by atoms with Crippen LogP contribution in [0.5, 0.6) is 11.5 Å². The molecule has 2 aromatic rings. The number of carbonyl (C=O) groups is 2. The molecule has 208 valence electrons. The average Bonchev–Trinajstić information content (AvgIpc) is 3.41. The fourth-order valence-electron chi connectivity index (χ4n) is 4.85. The van der Waals surface area contributed by atoms with Crippen molar-refractivity contribution in [3.05, 3.63) is 53.1 Å². The summed E-state index contributed by atoms with van der Waals surface area (Å²) in [4.78, 5) is 27.0. The van der Waals surface area contributed by atoms with Crippen LogP contribution < -0.4 is 15.4 Å². The summed E-state index contributed by atoms with van der Waals surface area (Å²) in [7, 11) is 0. The zero-order chi connectivity index (χ0) is 27.2. The van der Waals surface area contributed by atoms with Gasteiger partial charge in [0.2, 0.25) is 11.8 Å². The number of amides is 2. The molecule has 0 aromatic heterocycles. The van der Waals surface area contributed by atoms with E-state index in [9.17, 15) is 14.7 Å². The van der Waals surface area contributed by atoms with Crippen LogP contribution >= 0.6 is 0 Å². The summed E-state index contributed by atoms with van der Waals surface area (Å²) in [6, 6.07) is 11.1. The van der Waals surface area contributed by atoms with Crippen molar-refractivity contribution in [2.24, 2.45) is 0 Å². The predicted octanol–water partition coefficient (Wildman–Crippen LogP) is 5.72. The van der Waals surface area contributed by atoms with Crippen LogP contribution in [-0.2, 0) is 22.6 Å². The molecule has 1 aliphatic heterocycles. The van der Waals surface area contributed by atoms with Crippen LogP contribution in [-0.4, -0.2) is 48.1 Å². The van der Waals surface area contributed by atoms with Gasteiger partial charge in [-0.1, -0.05) is 63.3 Å². The number of nitrogens with one attached hydrogen (secondary N) is 2. The van der Waals surface area contributed by atoms with Crippen LogP contribution in [0.2, 0.25) is 0 Å². The number of para-hydroxylation sites is 1. The number of phenols is 1. The first-order valence-corrected chi connectivity index (χ1v) is 14.3. The molecule has 7 heteroatoms. The van der Waals surface area contributed by atoms with E-state index < -0.39 is 0 Å². The molecular weight excluding hydrogens is 478 g/mol. The van der Waals surface area contributed by atoms with E-state index in [0.717, 1.165) is 61.2 Å². The van der Waals surface area contributed by atoms with E-state index in [1.54, 1.807) is 18.2 Å². The molecule has 1 saturated heterocycles. The monoisotopic (exact) mass is 523 g/mol. The number of likely N-dealkylation sites (tertiary alicyclic amines) is 1. The summed E-state index contributed by atoms with van der Waals surface area (Å²) in [6.45, 7) is 7.31. The van der Waals surface area contributed by atoms with Gasteiger partial charge in [-0.05, 0) is 68.1 Å². The number of phenolic OH excluding ortho intramolecular Hbond substituents is 1. The van der Waals surface area contributed by atoms with E-state index in [-0.39, 0.29) is 17.6 Å². The summed E-state index contributed by atoms with van der Waals surface area (Å²) in [5.41, 5.74) is 3.72. The number of hydrogen-bond donors (Lipinski definition) is 3. The maximum Gasteiger partial charge on any atom is 0.238 e. The van der Waals surface area contributed by atoms with Gasteiger partial charge in [-0.2, -0.15) is 0 Å². The molecule has 0 atom stereocenters. The zero-order valence-corrected chi connectivity index (χ0v) is 23.2. The first-order valence-electron chi connectivity index (χ1n) is 14.3. The SMILES string of the molecule is CCCCCCCCC(=O)NCc1ccc(O)c(OCCc2cccc(C)c2NC(=O)CN2CCCC2)c1. The van der Waals surface area contributed by atoms with Crippen molar-refractivity contribution in [2.75, 3.05) is 31.6 Å². The summed E-state index contributed by atoms with van der Waals surface area (Å²) in [5, 5.41) is 16.4. The van der Waals surface area contributed by atoms with Crippen LogP contribution in [0.4, 0.5) is 5.69 Å². The van der Waals surface area contributed by atoms with Crippen molar-refractivity contribution in [1.29, 1.82) is 0 Å². The highest BCUT2D eigenvalue weighted by atomic mass is 16.5. The molecule has 0 saturated carbocycles. The number of carbonyl (C=O) groups excluding carboxylic acids is 2. The van der Waals surface area contributed by atoms with E-state index in [4.69, 9.17) is 4.74 Å². The number of ether oxygens (including phenoxy) is 1. The molecule has 2 aromatic carbocycles. The Morgan fingerprint density at radius 3 is 2.55 bits per heavy atom. The van der Waals surface area contributed by atoms with E-state index in [1.807, 2.05) is 25.1 Å². The molecule has 0 unspecified atom stereocenters. The van der Waals surface area contributed by atoms with Gasteiger partial charge in [-0.3, -0.25) is 14.5 Å². The van der Waals surface area contributed by atoms with Crippen molar-refractivity contribution in [2.45, 2.75) is 84.6 Å². The summed E-state index contributed by atoms with van der Waals surface area (Å²) in [5.74, 6) is 0.512. The maximum atomic E-state index is 12.6. The first kappa shape index (κ1) is 29.5. The largest absolute Gasteiger partial charge is 0.504 e. The molecule has 7 nitrogen and oxygen atoms in total. The van der Waals surface area contributed by atoms with Crippen LogP contribution in [0.1, 0.15) is 81.4 Å². The quantitative estimate of drug-likeness (QED) is 0.245. The Labute approximate surface area is 228 Å². The summed E-state index contributed by atoms with van der Waals surface area (Å²) in [6.07, 6.45) is 10.4. The van der Waals surface area contributed by atoms with Gasteiger partial charge in [-0.25, -0.2) is 0 Å². The highest BCUT2D eigenvalue weighted by Crippen LogP contribution is 2.28. The summed E-state index contributed by atoms with van der Waals surface area (Å²) < 4.78 is 5.92. The number of benzene rings is 2. The molecule has 38 heavy (non-hydrogen) atoms. The Hall–Kier alpha value is -3.06. The molecule has 2 amide bonds. The Balaban J connectivity index is 1.47. The normalized spacial score (nSPS) is 13.4. The average molecular weight is 524 g/mol. The molecule has 0 spiro atoms. The number of aryl methyl sites for hydroxylation is 1. The topological polar surface area (TPSA) is 90.9 Å². The molecule has 1 aliphatic rings. The van der Waals surface area contributed by atoms with Crippen molar-refractivity contribution in [1.82, 2.24) is 10.2 Å². The second-order valence-corrected chi connectivity index (χ2v) is 10.3. The molecule has 3 rings (SSSR count). The van der Waals surface area contributed by atoms with Crippen molar-refractivity contribution in [3.8, 4) is 11.5 Å². The van der Waals surface area contributed by atoms with Gasteiger partial charge < -0.3 is 20.5 Å². The Kier molecular flexibility index (Phi) is 12.4. The van der Waals surface area contributed by atoms with Crippen LogP contribution in [0, 0.1) is 6.92 Å². The van der Waals surface area contributed by atoms with Gasteiger partial charge in [0.1, 0.15) is 0 Å². The number of nitrogens with zero attached hydrogens (tertiary/aromatic N) is 1. The lowest BCUT2D eigenvalue weighted by atomic mass is 10.1. The molecule has 0 aliphatic carbocycles. The van der Waals surface area contributed by atoms with E-state index >= 15 is 0 Å². The minimum Gasteiger partial charge on any atom is -0.504 e. The lowest BCUT2D eigenvalue weighted by Crippen LogP contribution is -2.31. The fourth-order valence-corrected chi connectivity index (χ4v) is 4.85. The van der Waals surface area contributed by atoms with Crippen molar-refractivity contribution >= 4 is 17.5 Å². The minimum absolute atomic E-state index is 0.00672. The van der Waals surface area contributed by atoms with Crippen LogP contribution in [0.15, 0.2) is 36.4 Å².